The van der Waals surface area contributed by atoms with Crippen molar-refractivity contribution < 1.29 is 11.3 Å². The Morgan fingerprint density at radius 1 is 0.511 bits per heavy atom. The Kier molecular flexibility index (Phi) is 4.75. The molecule has 3 heteroatoms. The summed E-state index contributed by atoms with van der Waals surface area (Å²) in [4.78, 5) is 1.72. The molecule has 3 nitrogen and oxygen atoms in total. The average Bonchev–Trinajstić information content (AvgIpc) is 3.71. The van der Waals surface area contributed by atoms with Crippen molar-refractivity contribution in [3.63, 3.8) is 0 Å². The van der Waals surface area contributed by atoms with E-state index < -0.39 is 18.1 Å². The molecule has 0 bridgehead atoms. The molecule has 45 heavy (non-hydrogen) atoms. The quantitative estimate of drug-likeness (QED) is 0.202. The first-order valence-corrected chi connectivity index (χ1v) is 14.9. The fourth-order valence-electron chi connectivity index (χ4n) is 6.50. The molecule has 9 rings (SSSR count). The van der Waals surface area contributed by atoms with Gasteiger partial charge in [-0.2, -0.15) is 0 Å². The maximum absolute atomic E-state index is 8.90. The van der Waals surface area contributed by atoms with E-state index in [1.54, 1.807) is 4.90 Å². The smallest absolute Gasteiger partial charge is 0.137 e. The zero-order valence-electron chi connectivity index (χ0n) is 29.1. The van der Waals surface area contributed by atoms with Crippen LogP contribution in [0.4, 0.5) is 17.1 Å². The van der Waals surface area contributed by atoms with E-state index in [-0.39, 0.29) is 17.8 Å². The van der Waals surface area contributed by atoms with Crippen molar-refractivity contribution in [1.29, 1.82) is 0 Å². The third-order valence-corrected chi connectivity index (χ3v) is 8.48. The number of fused-ring (bicyclic) bond motifs is 6. The lowest BCUT2D eigenvalue weighted by atomic mass is 10.0. The minimum atomic E-state index is -0.436. The van der Waals surface area contributed by atoms with Crippen LogP contribution in [0, 0.1) is 0 Å². The van der Waals surface area contributed by atoms with E-state index in [1.165, 1.54) is 0 Å². The van der Waals surface area contributed by atoms with Gasteiger partial charge in [0.1, 0.15) is 11.2 Å². The van der Waals surface area contributed by atoms with Crippen LogP contribution in [0.15, 0.2) is 174 Å². The van der Waals surface area contributed by atoms with Crippen LogP contribution in [-0.2, 0) is 0 Å². The number of hydrogen-bond donors (Lipinski definition) is 0. The van der Waals surface area contributed by atoms with Gasteiger partial charge in [-0.05, 0) is 66.2 Å². The summed E-state index contributed by atoms with van der Waals surface area (Å²) >= 11 is 0. The monoisotopic (exact) mass is 581 g/mol. The van der Waals surface area contributed by atoms with Crippen LogP contribution in [0.1, 0.15) is 6.85 Å². The minimum absolute atomic E-state index is 0.0607. The zero-order chi connectivity index (χ0) is 34.1. The van der Waals surface area contributed by atoms with Gasteiger partial charge in [-0.3, -0.25) is 0 Å². The van der Waals surface area contributed by atoms with E-state index >= 15 is 0 Å². The van der Waals surface area contributed by atoms with Gasteiger partial charge < -0.3 is 13.9 Å². The zero-order valence-corrected chi connectivity index (χ0v) is 24.1. The van der Waals surface area contributed by atoms with Crippen LogP contribution in [0.25, 0.3) is 60.6 Å². The Morgan fingerprint density at radius 3 is 2.04 bits per heavy atom. The third-order valence-electron chi connectivity index (χ3n) is 8.48. The highest BCUT2D eigenvalue weighted by Gasteiger charge is 2.18. The van der Waals surface area contributed by atoms with Crippen LogP contribution >= 0.6 is 0 Å². The number of hydrogen-bond acceptors (Lipinski definition) is 2. The van der Waals surface area contributed by atoms with Crippen molar-refractivity contribution in [2.75, 3.05) is 4.90 Å². The molecule has 0 fully saturated rings. The number of anilines is 3. The molecule has 0 saturated heterocycles. The first-order chi connectivity index (χ1) is 24.4. The Morgan fingerprint density at radius 2 is 1.20 bits per heavy atom. The van der Waals surface area contributed by atoms with Gasteiger partial charge in [0.05, 0.1) is 17.9 Å². The number of aromatic nitrogens is 1. The predicted octanol–water partition coefficient (Wildman–Crippen LogP) is 11.8. The van der Waals surface area contributed by atoms with Crippen LogP contribution in [-0.4, -0.2) is 4.57 Å². The van der Waals surface area contributed by atoms with Crippen molar-refractivity contribution >= 4 is 60.8 Å². The summed E-state index contributed by atoms with van der Waals surface area (Å²) in [5.74, 6) is 0. The lowest BCUT2D eigenvalue weighted by Gasteiger charge is -2.25. The Balaban J connectivity index is 1.25. The van der Waals surface area contributed by atoms with Gasteiger partial charge in [0.2, 0.25) is 0 Å². The first kappa shape index (κ1) is 20.8. The average molecular weight is 582 g/mol. The highest BCUT2D eigenvalue weighted by Crippen LogP contribution is 2.41. The van der Waals surface area contributed by atoms with E-state index in [9.17, 15) is 0 Å². The highest BCUT2D eigenvalue weighted by atomic mass is 16.3. The number of benzene rings is 7. The molecular formula is C42H28N2O. The number of rotatable bonds is 5. The molecule has 0 unspecified atom stereocenters. The molecular weight excluding hydrogens is 548 g/mol. The summed E-state index contributed by atoms with van der Waals surface area (Å²) in [7, 11) is 0. The number of furan rings is 1. The summed E-state index contributed by atoms with van der Waals surface area (Å²) < 4.78 is 51.5. The summed E-state index contributed by atoms with van der Waals surface area (Å²) in [5, 5.41) is 4.22. The molecule has 7 aromatic carbocycles. The lowest BCUT2D eigenvalue weighted by molar-refractivity contribution is 0.669. The van der Waals surface area contributed by atoms with Gasteiger partial charge in [-0.1, -0.05) is 103 Å². The van der Waals surface area contributed by atoms with Gasteiger partial charge in [0.15, 0.2) is 0 Å². The van der Waals surface area contributed by atoms with E-state index in [2.05, 4.69) is 59.2 Å². The molecule has 0 saturated carbocycles. The molecule has 0 aliphatic heterocycles. The van der Waals surface area contributed by atoms with Crippen molar-refractivity contribution in [2.45, 2.75) is 0 Å². The second-order valence-corrected chi connectivity index (χ2v) is 11.0. The van der Waals surface area contributed by atoms with Gasteiger partial charge >= 0.3 is 0 Å². The van der Waals surface area contributed by atoms with E-state index in [0.717, 1.165) is 55.0 Å². The molecule has 212 valence electrons. The topological polar surface area (TPSA) is 21.3 Å². The second-order valence-electron chi connectivity index (χ2n) is 11.0. The molecule has 9 aromatic rings. The molecule has 0 aliphatic rings. The van der Waals surface area contributed by atoms with Crippen molar-refractivity contribution in [3.05, 3.63) is 170 Å². The molecule has 0 amide bonds. The van der Waals surface area contributed by atoms with Crippen molar-refractivity contribution in [3.8, 4) is 16.8 Å². The Hall–Kier alpha value is -6.06. The van der Waals surface area contributed by atoms with Crippen molar-refractivity contribution in [1.82, 2.24) is 4.57 Å². The van der Waals surface area contributed by atoms with Crippen LogP contribution in [0.5, 0.6) is 0 Å². The van der Waals surface area contributed by atoms with E-state index in [1.807, 2.05) is 84.9 Å². The van der Waals surface area contributed by atoms with E-state index in [4.69, 9.17) is 11.3 Å². The van der Waals surface area contributed by atoms with Crippen LogP contribution in [0.3, 0.4) is 0 Å². The number of para-hydroxylation sites is 5. The van der Waals surface area contributed by atoms with Gasteiger partial charge in [0.25, 0.3) is 0 Å². The van der Waals surface area contributed by atoms with Gasteiger partial charge in [-0.25, -0.2) is 0 Å². The SMILES string of the molecule is [2H]c1c([2H])c([2H])c(N(c2ccc(-c3cccc4c5ccccc5n(-c5ccccc5)c34)cc2)c2ccc3c(c2)oc2ccccc23)c([2H])c1[2H]. The number of nitrogens with zero attached hydrogens (tertiary/aromatic N) is 2. The maximum Gasteiger partial charge on any atom is 0.137 e. The summed E-state index contributed by atoms with van der Waals surface area (Å²) in [6.07, 6.45) is 0. The largest absolute Gasteiger partial charge is 0.456 e. The predicted molar refractivity (Wildman–Crippen MR) is 188 cm³/mol. The van der Waals surface area contributed by atoms with Crippen molar-refractivity contribution in [2.24, 2.45) is 0 Å². The summed E-state index contributed by atoms with van der Waals surface area (Å²) in [6, 6.07) is 44.8. The minimum Gasteiger partial charge on any atom is -0.456 e. The summed E-state index contributed by atoms with van der Waals surface area (Å²) in [5.41, 5.74) is 7.99. The van der Waals surface area contributed by atoms with E-state index in [0.29, 0.717) is 17.0 Å². The first-order valence-electron chi connectivity index (χ1n) is 17.4. The standard InChI is InChI=1S/C42H28N2O/c1-3-12-30(13-4-1)43(33-26-27-37-36-17-8-10-21-40(36)45-41(37)28-33)32-24-22-29(23-25-32)34-18-11-19-38-35-16-7-9-20-39(35)44(42(34)38)31-14-5-2-6-15-31/h1-28H/i1D,3D,4D,12D,13D. The second kappa shape index (κ2) is 10.3. The van der Waals surface area contributed by atoms with Crippen LogP contribution in [0.2, 0.25) is 0 Å². The molecule has 2 heterocycles. The molecule has 0 aliphatic carbocycles. The molecule has 0 spiro atoms. The summed E-state index contributed by atoms with van der Waals surface area (Å²) in [6.45, 7) is 0. The fourth-order valence-corrected chi connectivity index (χ4v) is 6.50. The third kappa shape index (κ3) is 4.13. The maximum atomic E-state index is 8.90. The highest BCUT2D eigenvalue weighted by molar-refractivity contribution is 6.14. The molecule has 0 atom stereocenters. The fraction of sp³-hybridized carbons (Fsp3) is 0. The Labute approximate surface area is 267 Å². The van der Waals surface area contributed by atoms with Crippen LogP contribution < -0.4 is 4.90 Å². The normalized spacial score (nSPS) is 13.1. The van der Waals surface area contributed by atoms with Gasteiger partial charge in [0, 0.05) is 55.9 Å². The Bertz CT molecular complexity index is 2740. The molecule has 2 aromatic heterocycles. The molecule has 0 radical (unpaired) electrons. The van der Waals surface area contributed by atoms with Gasteiger partial charge in [-0.15, -0.1) is 0 Å². The molecule has 0 N–H and O–H groups in total. The lowest BCUT2D eigenvalue weighted by Crippen LogP contribution is -2.09.